The Hall–Kier alpha value is -1.34. The van der Waals surface area contributed by atoms with Crippen LogP contribution in [0.2, 0.25) is 0 Å². The van der Waals surface area contributed by atoms with Crippen molar-refractivity contribution in [3.63, 3.8) is 0 Å². The van der Waals surface area contributed by atoms with Gasteiger partial charge in [0.05, 0.1) is 0 Å². The number of alkyl halides is 6. The number of hydrogen-bond donors (Lipinski definition) is 0. The highest BCUT2D eigenvalue weighted by molar-refractivity contribution is 7.86. The third kappa shape index (κ3) is 7.30. The number of benzene rings is 2. The van der Waals surface area contributed by atoms with Gasteiger partial charge in [0.15, 0.2) is 17.3 Å². The van der Waals surface area contributed by atoms with Gasteiger partial charge in [0.2, 0.25) is 0 Å². The molecule has 0 bridgehead atoms. The lowest BCUT2D eigenvalue weighted by Crippen LogP contribution is -3.61. The van der Waals surface area contributed by atoms with E-state index >= 15 is 0 Å². The molecular weight excluding hydrogens is 513 g/mol. The minimum atomic E-state index is -6.66. The van der Waals surface area contributed by atoms with Gasteiger partial charge in [-0.15, -0.1) is 0 Å². The second-order valence-corrected chi connectivity index (χ2v) is 9.59. The minimum Gasteiger partial charge on any atom is -0.743 e. The lowest BCUT2D eigenvalue weighted by molar-refractivity contribution is -0.597. The van der Waals surface area contributed by atoms with Gasteiger partial charge >= 0.3 is 32.6 Å². The zero-order chi connectivity index (χ0) is 20.9. The van der Waals surface area contributed by atoms with E-state index in [0.717, 1.165) is 0 Å². The highest BCUT2D eigenvalue weighted by atomic mass is 127. The van der Waals surface area contributed by atoms with E-state index in [2.05, 4.69) is 61.5 Å². The van der Waals surface area contributed by atoms with Gasteiger partial charge in [-0.3, -0.25) is 0 Å². The Morgan fingerprint density at radius 2 is 1.33 bits per heavy atom. The van der Waals surface area contributed by atoms with Gasteiger partial charge in [0, 0.05) is 0 Å². The lowest BCUT2D eigenvalue weighted by atomic mass is 10.2. The van der Waals surface area contributed by atoms with Crippen LogP contribution in [0, 0.1) is 14.1 Å². The SMILES string of the molecule is Cc1ccc([I+]c2ccccc2)cc1.O=S(=O)([O-])C(F)(F)C(F)C(F)(F)F. The standard InChI is InChI=1S/C13H12I.C3H2F6O3S/c1-11-7-9-13(10-8-11)14-12-5-3-2-4-6-12;4-1(2(5,6)7)3(8,9)13(10,11)12/h2-10H,1H3;1H,(H,10,11,12)/q+1;/p-1. The summed E-state index contributed by atoms with van der Waals surface area (Å²) in [6.45, 7) is 2.13. The van der Waals surface area contributed by atoms with Gasteiger partial charge in [-0.2, -0.15) is 22.0 Å². The quantitative estimate of drug-likeness (QED) is 0.342. The molecule has 0 amide bonds. The predicted octanol–water partition coefficient (Wildman–Crippen LogP) is 1.15. The van der Waals surface area contributed by atoms with Crippen LogP contribution in [0.3, 0.4) is 0 Å². The molecule has 0 radical (unpaired) electrons. The largest absolute Gasteiger partial charge is 0.743 e. The number of rotatable bonds is 4. The summed E-state index contributed by atoms with van der Waals surface area (Å²) in [5.74, 6) is 0. The van der Waals surface area contributed by atoms with Crippen molar-refractivity contribution in [1.29, 1.82) is 0 Å². The average Bonchev–Trinajstić information content (AvgIpc) is 2.56. The Morgan fingerprint density at radius 1 is 0.889 bits per heavy atom. The first-order valence-corrected chi connectivity index (χ1v) is 10.6. The second-order valence-electron chi connectivity index (χ2n) is 5.11. The van der Waals surface area contributed by atoms with Crippen molar-refractivity contribution >= 4 is 10.1 Å². The van der Waals surface area contributed by atoms with Crippen molar-refractivity contribution in [1.82, 2.24) is 0 Å². The molecule has 11 heteroatoms. The zero-order valence-electron chi connectivity index (χ0n) is 13.6. The van der Waals surface area contributed by atoms with E-state index in [1.807, 2.05) is 0 Å². The Morgan fingerprint density at radius 3 is 1.70 bits per heavy atom. The van der Waals surface area contributed by atoms with Crippen LogP contribution in [0.25, 0.3) is 0 Å². The summed E-state index contributed by atoms with van der Waals surface area (Å²) in [5.41, 5.74) is 1.34. The third-order valence-electron chi connectivity index (χ3n) is 2.88. The molecule has 0 heterocycles. The molecule has 0 aliphatic rings. The summed E-state index contributed by atoms with van der Waals surface area (Å²) in [5, 5.41) is -5.99. The van der Waals surface area contributed by atoms with E-state index < -0.39 is 27.7 Å². The van der Waals surface area contributed by atoms with Crippen LogP contribution >= 0.6 is 0 Å². The normalized spacial score (nSPS) is 13.5. The second kappa shape index (κ2) is 9.24. The maximum absolute atomic E-state index is 11.8. The molecule has 0 saturated carbocycles. The Bertz CT molecular complexity index is 823. The molecule has 0 spiro atoms. The van der Waals surface area contributed by atoms with Crippen molar-refractivity contribution in [2.45, 2.75) is 24.5 Å². The molecule has 0 aliphatic heterocycles. The molecule has 1 unspecified atom stereocenters. The monoisotopic (exact) mass is 526 g/mol. The van der Waals surface area contributed by atoms with Crippen LogP contribution in [-0.2, 0) is 10.1 Å². The van der Waals surface area contributed by atoms with Gasteiger partial charge in [0.1, 0.15) is 0 Å². The fourth-order valence-corrected chi connectivity index (χ4v) is 4.12. The third-order valence-corrected chi connectivity index (χ3v) is 6.44. The van der Waals surface area contributed by atoms with Gasteiger partial charge in [-0.25, -0.2) is 12.8 Å². The molecule has 0 aliphatic carbocycles. The molecule has 2 rings (SSSR count). The molecule has 27 heavy (non-hydrogen) atoms. The van der Waals surface area contributed by atoms with Gasteiger partial charge < -0.3 is 4.55 Å². The molecule has 150 valence electrons. The van der Waals surface area contributed by atoms with E-state index in [0.29, 0.717) is 0 Å². The molecule has 0 N–H and O–H groups in total. The summed E-state index contributed by atoms with van der Waals surface area (Å²) in [6, 6.07) is 19.6. The number of halogens is 7. The maximum atomic E-state index is 11.8. The molecule has 3 nitrogen and oxygen atoms in total. The van der Waals surface area contributed by atoms with Crippen LogP contribution in [-0.4, -0.2) is 30.6 Å². The smallest absolute Gasteiger partial charge is 0.426 e. The van der Waals surface area contributed by atoms with Crippen LogP contribution in [0.1, 0.15) is 5.56 Å². The molecular formula is C16H13F6IO3S. The van der Waals surface area contributed by atoms with E-state index in [4.69, 9.17) is 0 Å². The van der Waals surface area contributed by atoms with Gasteiger partial charge in [0.25, 0.3) is 6.17 Å². The summed E-state index contributed by atoms with van der Waals surface area (Å²) in [6.07, 6.45) is -11.1. The Labute approximate surface area is 162 Å². The fraction of sp³-hybridized carbons (Fsp3) is 0.250. The topological polar surface area (TPSA) is 57.2 Å². The average molecular weight is 526 g/mol. The molecule has 1 atom stereocenters. The first-order valence-electron chi connectivity index (χ1n) is 7.05. The zero-order valence-corrected chi connectivity index (χ0v) is 16.5. The van der Waals surface area contributed by atoms with Crippen molar-refractivity contribution in [3.05, 3.63) is 67.3 Å². The first-order chi connectivity index (χ1) is 12.2. The highest BCUT2D eigenvalue weighted by Crippen LogP contribution is 2.37. The molecule has 2 aromatic carbocycles. The van der Waals surface area contributed by atoms with E-state index in [-0.39, 0.29) is 21.2 Å². The number of hydrogen-bond acceptors (Lipinski definition) is 3. The fourth-order valence-electron chi connectivity index (χ4n) is 1.52. The van der Waals surface area contributed by atoms with Crippen molar-refractivity contribution in [2.24, 2.45) is 0 Å². The van der Waals surface area contributed by atoms with Gasteiger partial charge in [-0.1, -0.05) is 35.9 Å². The molecule has 0 aromatic heterocycles. The summed E-state index contributed by atoms with van der Waals surface area (Å²) >= 11 is 0.0159. The van der Waals surface area contributed by atoms with E-state index in [1.165, 1.54) is 12.7 Å². The number of aryl methyl sites for hydroxylation is 1. The summed E-state index contributed by atoms with van der Waals surface area (Å²) < 4.78 is 100. The van der Waals surface area contributed by atoms with Gasteiger partial charge in [-0.05, 0) is 31.2 Å². The summed E-state index contributed by atoms with van der Waals surface area (Å²) in [4.78, 5) is 0. The molecule has 0 saturated heterocycles. The van der Waals surface area contributed by atoms with E-state index in [9.17, 15) is 39.3 Å². The summed E-state index contributed by atoms with van der Waals surface area (Å²) in [7, 11) is -6.66. The minimum absolute atomic E-state index is 0.0159. The van der Waals surface area contributed by atoms with Crippen molar-refractivity contribution in [2.75, 3.05) is 0 Å². The van der Waals surface area contributed by atoms with Crippen molar-refractivity contribution < 1.29 is 60.5 Å². The maximum Gasteiger partial charge on any atom is 0.426 e. The van der Waals surface area contributed by atoms with Crippen LogP contribution in [0.4, 0.5) is 26.3 Å². The first kappa shape index (κ1) is 23.7. The van der Waals surface area contributed by atoms with Crippen LogP contribution < -0.4 is 21.2 Å². The highest BCUT2D eigenvalue weighted by Gasteiger charge is 2.61. The predicted molar refractivity (Wildman–Crippen MR) is 80.6 cm³/mol. The molecule has 2 aromatic rings. The Kier molecular flexibility index (Phi) is 8.11. The van der Waals surface area contributed by atoms with Crippen LogP contribution in [0.5, 0.6) is 0 Å². The van der Waals surface area contributed by atoms with Crippen LogP contribution in [0.15, 0.2) is 54.6 Å². The lowest BCUT2D eigenvalue weighted by Gasteiger charge is -2.24. The van der Waals surface area contributed by atoms with Crippen molar-refractivity contribution in [3.8, 4) is 0 Å². The molecule has 0 fully saturated rings. The Balaban J connectivity index is 0.000000271. The van der Waals surface area contributed by atoms with E-state index in [1.54, 1.807) is 0 Å².